The first-order chi connectivity index (χ1) is 9.77. The van der Waals surface area contributed by atoms with Gasteiger partial charge in [0, 0.05) is 13.2 Å². The molecular formula is C15H24N2O3. The van der Waals surface area contributed by atoms with Crippen LogP contribution in [0.15, 0.2) is 24.3 Å². The quantitative estimate of drug-likeness (QED) is 0.644. The van der Waals surface area contributed by atoms with Crippen LogP contribution in [-0.2, 0) is 9.53 Å². The monoisotopic (exact) mass is 280 g/mol. The van der Waals surface area contributed by atoms with Crippen molar-refractivity contribution < 1.29 is 14.3 Å². The zero-order valence-electron chi connectivity index (χ0n) is 12.3. The van der Waals surface area contributed by atoms with Gasteiger partial charge < -0.3 is 20.1 Å². The van der Waals surface area contributed by atoms with Gasteiger partial charge in [0.2, 0.25) is 5.91 Å². The number of unbranched alkanes of at least 4 members (excludes halogenated alkanes) is 1. The van der Waals surface area contributed by atoms with Gasteiger partial charge in [-0.1, -0.05) is 25.5 Å². The zero-order chi connectivity index (χ0) is 14.6. The minimum absolute atomic E-state index is 0.0944. The van der Waals surface area contributed by atoms with Crippen molar-refractivity contribution in [2.75, 3.05) is 38.7 Å². The van der Waals surface area contributed by atoms with Crippen LogP contribution in [0, 0.1) is 0 Å². The summed E-state index contributed by atoms with van der Waals surface area (Å²) in [4.78, 5) is 11.7. The van der Waals surface area contributed by atoms with E-state index in [0.29, 0.717) is 24.6 Å². The van der Waals surface area contributed by atoms with Crippen LogP contribution in [0.4, 0.5) is 5.69 Å². The maximum atomic E-state index is 11.7. The third kappa shape index (κ3) is 6.54. The Morgan fingerprint density at radius 1 is 1.25 bits per heavy atom. The van der Waals surface area contributed by atoms with E-state index in [4.69, 9.17) is 9.47 Å². The molecule has 1 aromatic rings. The molecule has 0 saturated heterocycles. The molecule has 1 aromatic carbocycles. The maximum absolute atomic E-state index is 11.7. The van der Waals surface area contributed by atoms with Crippen LogP contribution in [0.1, 0.15) is 19.8 Å². The van der Waals surface area contributed by atoms with Crippen LogP contribution in [0.3, 0.4) is 0 Å². The highest BCUT2D eigenvalue weighted by molar-refractivity contribution is 5.93. The highest BCUT2D eigenvalue weighted by atomic mass is 16.5. The molecule has 112 valence electrons. The van der Waals surface area contributed by atoms with Crippen molar-refractivity contribution in [1.29, 1.82) is 0 Å². The normalized spacial score (nSPS) is 10.3. The zero-order valence-corrected chi connectivity index (χ0v) is 12.3. The van der Waals surface area contributed by atoms with Gasteiger partial charge in [0.1, 0.15) is 5.75 Å². The lowest BCUT2D eigenvalue weighted by molar-refractivity contribution is -0.115. The van der Waals surface area contributed by atoms with Gasteiger partial charge in [-0.2, -0.15) is 0 Å². The van der Waals surface area contributed by atoms with Crippen molar-refractivity contribution in [2.45, 2.75) is 19.8 Å². The molecule has 0 aliphatic heterocycles. The minimum atomic E-state index is -0.0944. The number of ether oxygens (including phenoxy) is 2. The molecule has 1 rings (SSSR count). The molecule has 20 heavy (non-hydrogen) atoms. The van der Waals surface area contributed by atoms with Crippen molar-refractivity contribution in [3.63, 3.8) is 0 Å². The number of methoxy groups -OCH3 is 1. The van der Waals surface area contributed by atoms with Crippen molar-refractivity contribution >= 4 is 11.6 Å². The average molecular weight is 280 g/mol. The molecule has 0 unspecified atom stereocenters. The number of hydrogen-bond donors (Lipinski definition) is 2. The van der Waals surface area contributed by atoms with Gasteiger partial charge in [-0.3, -0.25) is 4.79 Å². The van der Waals surface area contributed by atoms with E-state index in [9.17, 15) is 4.79 Å². The first-order valence-electron chi connectivity index (χ1n) is 6.99. The van der Waals surface area contributed by atoms with Crippen LogP contribution in [0.2, 0.25) is 0 Å². The number of anilines is 1. The lowest BCUT2D eigenvalue weighted by Gasteiger charge is -2.10. The highest BCUT2D eigenvalue weighted by Gasteiger charge is 2.05. The molecule has 5 heteroatoms. The Morgan fingerprint density at radius 3 is 2.80 bits per heavy atom. The topological polar surface area (TPSA) is 59.6 Å². The Labute approximate surface area is 120 Å². The molecule has 0 radical (unpaired) electrons. The Kier molecular flexibility index (Phi) is 8.42. The lowest BCUT2D eigenvalue weighted by Crippen LogP contribution is -2.30. The molecule has 5 nitrogen and oxygen atoms in total. The molecule has 0 atom stereocenters. The van der Waals surface area contributed by atoms with Gasteiger partial charge in [0.05, 0.1) is 25.9 Å². The van der Waals surface area contributed by atoms with Crippen LogP contribution in [0.5, 0.6) is 5.75 Å². The van der Waals surface area contributed by atoms with Gasteiger partial charge in [-0.15, -0.1) is 0 Å². The Morgan fingerprint density at radius 2 is 2.05 bits per heavy atom. The molecule has 0 aromatic heterocycles. The summed E-state index contributed by atoms with van der Waals surface area (Å²) in [6.45, 7) is 4.47. The van der Waals surface area contributed by atoms with Crippen LogP contribution >= 0.6 is 0 Å². The summed E-state index contributed by atoms with van der Waals surface area (Å²) in [5.74, 6) is 0.562. The molecule has 2 N–H and O–H groups in total. The smallest absolute Gasteiger partial charge is 0.238 e. The second kappa shape index (κ2) is 10.2. The predicted molar refractivity (Wildman–Crippen MR) is 80.2 cm³/mol. The molecule has 0 aliphatic carbocycles. The van der Waals surface area contributed by atoms with Gasteiger partial charge in [-0.05, 0) is 18.6 Å². The Hall–Kier alpha value is -1.59. The molecule has 0 heterocycles. The summed E-state index contributed by atoms with van der Waals surface area (Å²) in [5.41, 5.74) is 0.681. The number of carbonyl (C=O) groups excluding carboxylic acids is 1. The van der Waals surface area contributed by atoms with E-state index in [-0.39, 0.29) is 12.5 Å². The average Bonchev–Trinajstić information content (AvgIpc) is 2.47. The van der Waals surface area contributed by atoms with Gasteiger partial charge in [0.25, 0.3) is 0 Å². The number of para-hydroxylation sites is 2. The fraction of sp³-hybridized carbons (Fsp3) is 0.533. The summed E-state index contributed by atoms with van der Waals surface area (Å²) in [6, 6.07) is 7.34. The third-order valence-electron chi connectivity index (χ3n) is 2.73. The number of amides is 1. The summed E-state index contributed by atoms with van der Waals surface area (Å²) < 4.78 is 10.6. The first-order valence-corrected chi connectivity index (χ1v) is 6.99. The number of rotatable bonds is 10. The number of hydrogen-bond acceptors (Lipinski definition) is 4. The second-order valence-electron chi connectivity index (χ2n) is 4.39. The first kappa shape index (κ1) is 16.5. The van der Waals surface area contributed by atoms with Gasteiger partial charge in [0.15, 0.2) is 0 Å². The fourth-order valence-electron chi connectivity index (χ4n) is 1.64. The second-order valence-corrected chi connectivity index (χ2v) is 4.39. The van der Waals surface area contributed by atoms with Gasteiger partial charge >= 0.3 is 0 Å². The van der Waals surface area contributed by atoms with Crippen LogP contribution < -0.4 is 15.4 Å². The Bertz CT molecular complexity index is 396. The van der Waals surface area contributed by atoms with Crippen LogP contribution in [-0.4, -0.2) is 39.3 Å². The molecule has 1 amide bonds. The van der Waals surface area contributed by atoms with Crippen molar-refractivity contribution in [3.05, 3.63) is 24.3 Å². The van der Waals surface area contributed by atoms with E-state index in [0.717, 1.165) is 19.4 Å². The summed E-state index contributed by atoms with van der Waals surface area (Å²) in [7, 11) is 1.58. The molecule has 0 aliphatic rings. The molecule has 0 spiro atoms. The SMILES string of the molecule is CCCCOCCNCC(=O)Nc1ccccc1OC. The van der Waals surface area contributed by atoms with E-state index >= 15 is 0 Å². The molecule has 0 saturated carbocycles. The van der Waals surface area contributed by atoms with Crippen molar-refractivity contribution in [3.8, 4) is 5.75 Å². The van der Waals surface area contributed by atoms with Crippen molar-refractivity contribution in [1.82, 2.24) is 5.32 Å². The molecule has 0 bridgehead atoms. The third-order valence-corrected chi connectivity index (χ3v) is 2.73. The summed E-state index contributed by atoms with van der Waals surface area (Å²) in [6.07, 6.45) is 2.21. The van der Waals surface area contributed by atoms with Crippen LogP contribution in [0.25, 0.3) is 0 Å². The van der Waals surface area contributed by atoms with E-state index in [1.54, 1.807) is 7.11 Å². The number of nitrogens with one attached hydrogen (secondary N) is 2. The number of benzene rings is 1. The Balaban J connectivity index is 2.17. The maximum Gasteiger partial charge on any atom is 0.238 e. The van der Waals surface area contributed by atoms with E-state index in [2.05, 4.69) is 17.6 Å². The number of carbonyl (C=O) groups is 1. The van der Waals surface area contributed by atoms with E-state index in [1.165, 1.54) is 0 Å². The summed E-state index contributed by atoms with van der Waals surface area (Å²) >= 11 is 0. The molecular weight excluding hydrogens is 256 g/mol. The standard InChI is InChI=1S/C15H24N2O3/c1-3-4-10-20-11-9-16-12-15(18)17-13-7-5-6-8-14(13)19-2/h5-8,16H,3-4,9-12H2,1-2H3,(H,17,18). The fourth-order valence-corrected chi connectivity index (χ4v) is 1.64. The molecule has 0 fully saturated rings. The van der Waals surface area contributed by atoms with Gasteiger partial charge in [-0.25, -0.2) is 0 Å². The lowest BCUT2D eigenvalue weighted by atomic mass is 10.3. The minimum Gasteiger partial charge on any atom is -0.495 e. The predicted octanol–water partition coefficient (Wildman–Crippen LogP) is 2.04. The largest absolute Gasteiger partial charge is 0.495 e. The summed E-state index contributed by atoms with van der Waals surface area (Å²) in [5, 5.41) is 5.85. The highest BCUT2D eigenvalue weighted by Crippen LogP contribution is 2.22. The van der Waals surface area contributed by atoms with Crippen molar-refractivity contribution in [2.24, 2.45) is 0 Å². The van der Waals surface area contributed by atoms with E-state index in [1.807, 2.05) is 24.3 Å². The van der Waals surface area contributed by atoms with E-state index < -0.39 is 0 Å².